The van der Waals surface area contributed by atoms with Crippen LogP contribution in [0.25, 0.3) is 11.2 Å². The number of rotatable bonds is 0. The van der Waals surface area contributed by atoms with Crippen molar-refractivity contribution in [2.75, 3.05) is 6.61 Å². The lowest BCUT2D eigenvalue weighted by atomic mass is 10.4. The molecule has 2 aromatic rings. The first-order chi connectivity index (χ1) is 8.09. The Hall–Kier alpha value is -1.50. The van der Waals surface area contributed by atoms with Gasteiger partial charge in [-0.1, -0.05) is 0 Å². The van der Waals surface area contributed by atoms with E-state index in [2.05, 4.69) is 17.6 Å². The van der Waals surface area contributed by atoms with E-state index >= 15 is 0 Å². The molecule has 0 aliphatic carbocycles. The molecule has 0 saturated heterocycles. The van der Waals surface area contributed by atoms with Crippen molar-refractivity contribution in [2.24, 2.45) is 14.1 Å². The number of thiol groups is 1. The molecule has 1 aliphatic rings. The molecule has 0 saturated carbocycles. The quantitative estimate of drug-likeness (QED) is 0.496. The van der Waals surface area contributed by atoms with Crippen LogP contribution in [-0.2, 0) is 20.6 Å². The summed E-state index contributed by atoms with van der Waals surface area (Å²) in [5.41, 5.74) is 1.35. The average Bonchev–Trinajstić information content (AvgIpc) is 2.62. The minimum absolute atomic E-state index is 0.0974. The van der Waals surface area contributed by atoms with Gasteiger partial charge in [0.25, 0.3) is 5.65 Å². The predicted octanol–water partition coefficient (Wildman–Crippen LogP) is -0.750. The van der Waals surface area contributed by atoms with Gasteiger partial charge < -0.3 is 9.30 Å². The van der Waals surface area contributed by atoms with E-state index in [0.29, 0.717) is 18.1 Å². The van der Waals surface area contributed by atoms with Crippen LogP contribution in [0.4, 0.5) is 0 Å². The van der Waals surface area contributed by atoms with E-state index in [9.17, 15) is 4.79 Å². The standard InChI is InChI=1S/C10H12N4O2S/c1-12-8-7-9(13(2)10(12)15)16-4-6(17)3-14(7)5-11-8/h5-6H,3-4H2,1-2H3/p+1. The normalized spacial score (nSPS) is 19.1. The first kappa shape index (κ1) is 10.6. The molecule has 1 atom stereocenters. The van der Waals surface area contributed by atoms with Gasteiger partial charge in [-0.2, -0.15) is 31.5 Å². The fraction of sp³-hybridized carbons (Fsp3) is 0.500. The lowest BCUT2D eigenvalue weighted by Crippen LogP contribution is -2.52. The Balaban J connectivity index is 2.46. The predicted molar refractivity (Wildman–Crippen MR) is 64.4 cm³/mol. The van der Waals surface area contributed by atoms with Gasteiger partial charge in [-0.25, -0.2) is 0 Å². The first-order valence-corrected chi connectivity index (χ1v) is 5.86. The molecule has 3 heterocycles. The monoisotopic (exact) mass is 253 g/mol. The first-order valence-electron chi connectivity index (χ1n) is 5.34. The molecule has 3 rings (SSSR count). The highest BCUT2D eigenvalue weighted by Crippen LogP contribution is 2.23. The van der Waals surface area contributed by atoms with Gasteiger partial charge in [-0.05, 0) is 0 Å². The molecule has 90 valence electrons. The van der Waals surface area contributed by atoms with Gasteiger partial charge in [-0.3, -0.25) is 0 Å². The summed E-state index contributed by atoms with van der Waals surface area (Å²) in [6.45, 7) is 1.21. The summed E-state index contributed by atoms with van der Waals surface area (Å²) >= 11 is 4.43. The van der Waals surface area contributed by atoms with Crippen molar-refractivity contribution >= 4 is 23.8 Å². The Kier molecular flexibility index (Phi) is 2.19. The van der Waals surface area contributed by atoms with Gasteiger partial charge in [0.2, 0.25) is 0 Å². The van der Waals surface area contributed by atoms with Crippen molar-refractivity contribution < 1.29 is 9.30 Å². The lowest BCUT2D eigenvalue weighted by molar-refractivity contribution is -0.694. The number of hydrogen-bond acceptors (Lipinski definition) is 4. The molecule has 7 heteroatoms. The van der Waals surface area contributed by atoms with E-state index in [1.807, 2.05) is 4.57 Å². The Labute approximate surface area is 103 Å². The third-order valence-corrected chi connectivity index (χ3v) is 3.35. The fourth-order valence-electron chi connectivity index (χ4n) is 2.16. The Morgan fingerprint density at radius 3 is 3.18 bits per heavy atom. The van der Waals surface area contributed by atoms with Crippen LogP contribution in [0.5, 0.6) is 5.88 Å². The van der Waals surface area contributed by atoms with Gasteiger partial charge >= 0.3 is 11.6 Å². The van der Waals surface area contributed by atoms with E-state index < -0.39 is 0 Å². The van der Waals surface area contributed by atoms with Crippen LogP contribution in [0.3, 0.4) is 0 Å². The zero-order valence-electron chi connectivity index (χ0n) is 9.62. The highest BCUT2D eigenvalue weighted by atomic mass is 32.1. The smallest absolute Gasteiger partial charge is 0.459 e. The minimum atomic E-state index is -0.143. The minimum Gasteiger partial charge on any atom is -0.459 e. The fourth-order valence-corrected chi connectivity index (χ4v) is 2.41. The van der Waals surface area contributed by atoms with Crippen LogP contribution in [0.1, 0.15) is 0 Å². The molecule has 0 fully saturated rings. The van der Waals surface area contributed by atoms with Crippen molar-refractivity contribution in [3.8, 4) is 5.88 Å². The highest BCUT2D eigenvalue weighted by Gasteiger charge is 2.28. The van der Waals surface area contributed by atoms with Crippen molar-refractivity contribution in [3.05, 3.63) is 16.8 Å². The second kappa shape index (κ2) is 3.49. The van der Waals surface area contributed by atoms with Gasteiger partial charge in [0.1, 0.15) is 12.9 Å². The molecule has 0 spiro atoms. The third kappa shape index (κ3) is 1.38. The Morgan fingerprint density at radius 2 is 2.41 bits per heavy atom. The summed E-state index contributed by atoms with van der Waals surface area (Å²) in [4.78, 5) is 16.2. The molecule has 6 nitrogen and oxygen atoms in total. The highest BCUT2D eigenvalue weighted by molar-refractivity contribution is 7.81. The molecule has 2 aromatic heterocycles. The molecular formula is C10H13N4O2S+. The third-order valence-electron chi connectivity index (χ3n) is 3.04. The van der Waals surface area contributed by atoms with Crippen molar-refractivity contribution in [3.63, 3.8) is 0 Å². The average molecular weight is 253 g/mol. The molecule has 0 aromatic carbocycles. The summed E-state index contributed by atoms with van der Waals surface area (Å²) in [5, 5.41) is 0.0974. The van der Waals surface area contributed by atoms with E-state index in [0.717, 1.165) is 12.1 Å². The maximum atomic E-state index is 12.0. The van der Waals surface area contributed by atoms with Crippen molar-refractivity contribution in [1.82, 2.24) is 14.1 Å². The molecule has 0 N–H and O–H groups in total. The summed E-state index contributed by atoms with van der Waals surface area (Å²) in [7, 11) is 3.41. The summed E-state index contributed by atoms with van der Waals surface area (Å²) < 4.78 is 10.7. The van der Waals surface area contributed by atoms with Crippen molar-refractivity contribution in [1.29, 1.82) is 0 Å². The van der Waals surface area contributed by atoms with Crippen LogP contribution >= 0.6 is 12.6 Å². The summed E-state index contributed by atoms with van der Waals surface area (Å²) in [6, 6.07) is 0. The molecule has 0 radical (unpaired) electrons. The van der Waals surface area contributed by atoms with Crippen LogP contribution < -0.4 is 15.0 Å². The van der Waals surface area contributed by atoms with E-state index in [1.54, 1.807) is 20.4 Å². The maximum absolute atomic E-state index is 12.0. The molecule has 1 aliphatic heterocycles. The second-order valence-corrected chi connectivity index (χ2v) is 4.97. The second-order valence-electron chi connectivity index (χ2n) is 4.24. The van der Waals surface area contributed by atoms with Crippen LogP contribution in [-0.4, -0.2) is 26.0 Å². The van der Waals surface area contributed by atoms with Gasteiger partial charge in [0.15, 0.2) is 5.52 Å². The molecule has 1 unspecified atom stereocenters. The van der Waals surface area contributed by atoms with E-state index in [4.69, 9.17) is 4.74 Å². The number of aryl methyl sites for hydroxylation is 1. The van der Waals surface area contributed by atoms with Crippen molar-refractivity contribution in [2.45, 2.75) is 11.8 Å². The number of aromatic nitrogens is 4. The molecule has 0 amide bonds. The topological polar surface area (TPSA) is 52.9 Å². The van der Waals surface area contributed by atoms with Gasteiger partial charge in [0.05, 0.1) is 19.3 Å². The lowest BCUT2D eigenvalue weighted by Gasteiger charge is -2.06. The van der Waals surface area contributed by atoms with Crippen LogP contribution in [0.2, 0.25) is 0 Å². The molecule has 0 bridgehead atoms. The summed E-state index contributed by atoms with van der Waals surface area (Å²) in [5.74, 6) is 0.567. The number of imidazole rings is 1. The van der Waals surface area contributed by atoms with Crippen LogP contribution in [0, 0.1) is 0 Å². The van der Waals surface area contributed by atoms with Gasteiger partial charge in [-0.15, -0.1) is 0 Å². The van der Waals surface area contributed by atoms with E-state index in [1.165, 1.54) is 9.13 Å². The largest absolute Gasteiger partial charge is 0.502 e. The Morgan fingerprint density at radius 1 is 1.65 bits per heavy atom. The van der Waals surface area contributed by atoms with Crippen LogP contribution in [0.15, 0.2) is 11.1 Å². The number of ether oxygens (including phenoxy) is 1. The molecule has 17 heavy (non-hydrogen) atoms. The summed E-state index contributed by atoms with van der Waals surface area (Å²) in [6.07, 6.45) is 1.73. The van der Waals surface area contributed by atoms with E-state index in [-0.39, 0.29) is 10.9 Å². The van der Waals surface area contributed by atoms with Gasteiger partial charge in [0, 0.05) is 6.54 Å². The Bertz CT molecular complexity index is 660. The number of hydrogen-bond donors (Lipinski definition) is 1. The number of nitrogens with zero attached hydrogens (tertiary/aromatic N) is 4. The SMILES string of the molecule is Cn1c(=O)[n+](C)c2c3c1ncn3CC(S)CO2. The maximum Gasteiger partial charge on any atom is 0.502 e. The molecular weight excluding hydrogens is 240 g/mol. The zero-order valence-corrected chi connectivity index (χ0v) is 10.5. The zero-order chi connectivity index (χ0) is 12.2.